The van der Waals surface area contributed by atoms with Gasteiger partial charge in [0.2, 0.25) is 0 Å². The number of rotatable bonds is 5. The van der Waals surface area contributed by atoms with E-state index in [9.17, 15) is 14.4 Å². The highest BCUT2D eigenvalue weighted by Gasteiger charge is 2.35. The van der Waals surface area contributed by atoms with E-state index >= 15 is 0 Å². The van der Waals surface area contributed by atoms with Crippen molar-refractivity contribution >= 4 is 18.2 Å². The van der Waals surface area contributed by atoms with Gasteiger partial charge in [-0.25, -0.2) is 4.79 Å². The minimum atomic E-state index is -0.688. The number of carbonyl (C=O) groups is 3. The molecule has 0 saturated heterocycles. The van der Waals surface area contributed by atoms with Crippen LogP contribution in [0.15, 0.2) is 48.5 Å². The van der Waals surface area contributed by atoms with Gasteiger partial charge in [-0.1, -0.05) is 36.4 Å². The third-order valence-electron chi connectivity index (χ3n) is 4.44. The Labute approximate surface area is 151 Å². The fourth-order valence-corrected chi connectivity index (χ4v) is 3.06. The van der Waals surface area contributed by atoms with Crippen LogP contribution in [0, 0.1) is 0 Å². The zero-order chi connectivity index (χ0) is 18.5. The average Bonchev–Trinajstić information content (AvgIpc) is 2.70. The number of aldehydes is 1. The number of hydrogen-bond acceptors (Lipinski definition) is 5. The fourth-order valence-electron chi connectivity index (χ4n) is 3.06. The molecule has 0 spiro atoms. The molecule has 0 saturated carbocycles. The van der Waals surface area contributed by atoms with Crippen LogP contribution in [0.3, 0.4) is 0 Å². The first-order chi connectivity index (χ1) is 12.6. The van der Waals surface area contributed by atoms with E-state index in [0.29, 0.717) is 30.6 Å². The molecule has 3 rings (SSSR count). The zero-order valence-corrected chi connectivity index (χ0v) is 14.4. The highest BCUT2D eigenvalue weighted by Crippen LogP contribution is 2.24. The van der Waals surface area contributed by atoms with E-state index < -0.39 is 12.0 Å². The molecular formula is C20H19NO5. The normalized spacial score (nSPS) is 15.7. The van der Waals surface area contributed by atoms with Crippen LogP contribution in [0.1, 0.15) is 21.5 Å². The monoisotopic (exact) mass is 353 g/mol. The lowest BCUT2D eigenvalue weighted by Gasteiger charge is -2.35. The number of ether oxygens (including phenoxy) is 2. The van der Waals surface area contributed by atoms with E-state index in [4.69, 9.17) is 9.47 Å². The van der Waals surface area contributed by atoms with Crippen LogP contribution >= 0.6 is 0 Å². The highest BCUT2D eigenvalue weighted by molar-refractivity contribution is 5.86. The number of nitrogens with zero attached hydrogens (tertiary/aromatic N) is 1. The summed E-state index contributed by atoms with van der Waals surface area (Å²) in [6.45, 7) is 0.0496. The summed E-state index contributed by atoms with van der Waals surface area (Å²) in [5, 5.41) is 0. The molecule has 0 aromatic heterocycles. The predicted molar refractivity (Wildman–Crippen MR) is 93.8 cm³/mol. The second-order valence-electron chi connectivity index (χ2n) is 5.98. The van der Waals surface area contributed by atoms with E-state index in [1.54, 1.807) is 24.3 Å². The minimum absolute atomic E-state index is 0.263. The van der Waals surface area contributed by atoms with Crippen molar-refractivity contribution < 1.29 is 23.9 Å². The summed E-state index contributed by atoms with van der Waals surface area (Å²) in [5.74, 6) is -0.459. The van der Waals surface area contributed by atoms with Crippen molar-refractivity contribution in [3.63, 3.8) is 0 Å². The van der Waals surface area contributed by atoms with E-state index in [1.807, 2.05) is 24.3 Å². The molecule has 1 heterocycles. The summed E-state index contributed by atoms with van der Waals surface area (Å²) in [6.07, 6.45) is 1.08. The third kappa shape index (κ3) is 3.59. The molecule has 1 aliphatic heterocycles. The number of benzene rings is 2. The molecule has 0 aliphatic carbocycles. The number of amides is 1. The van der Waals surface area contributed by atoms with Gasteiger partial charge in [-0.15, -0.1) is 0 Å². The molecule has 6 nitrogen and oxygen atoms in total. The Balaban J connectivity index is 1.77. The molecule has 134 valence electrons. The maximum absolute atomic E-state index is 12.7. The molecule has 1 aliphatic rings. The van der Waals surface area contributed by atoms with Gasteiger partial charge in [0.15, 0.2) is 12.9 Å². The fraction of sp³-hybridized carbons (Fsp3) is 0.250. The second kappa shape index (κ2) is 7.82. The summed E-state index contributed by atoms with van der Waals surface area (Å²) in [7, 11) is 1.31. The summed E-state index contributed by atoms with van der Waals surface area (Å²) < 4.78 is 10.4. The summed E-state index contributed by atoms with van der Waals surface area (Å²) >= 11 is 0. The molecule has 0 N–H and O–H groups in total. The lowest BCUT2D eigenvalue weighted by molar-refractivity contribution is -0.154. The minimum Gasteiger partial charge on any atom is -0.483 e. The molecule has 0 fully saturated rings. The molecule has 26 heavy (non-hydrogen) atoms. The third-order valence-corrected chi connectivity index (χ3v) is 4.44. The van der Waals surface area contributed by atoms with Crippen LogP contribution in [0.4, 0.5) is 0 Å². The van der Waals surface area contributed by atoms with Gasteiger partial charge in [0.1, 0.15) is 11.8 Å². The van der Waals surface area contributed by atoms with E-state index in [1.165, 1.54) is 12.0 Å². The lowest BCUT2D eigenvalue weighted by Crippen LogP contribution is -2.50. The number of carbonyl (C=O) groups excluding carboxylic acids is 3. The van der Waals surface area contributed by atoms with Crippen LogP contribution in [0.5, 0.6) is 5.75 Å². The Morgan fingerprint density at radius 1 is 1.12 bits per heavy atom. The molecule has 0 radical (unpaired) electrons. The first kappa shape index (κ1) is 17.7. The zero-order valence-electron chi connectivity index (χ0n) is 14.4. The average molecular weight is 353 g/mol. The van der Waals surface area contributed by atoms with Gasteiger partial charge in [-0.3, -0.25) is 9.59 Å². The van der Waals surface area contributed by atoms with E-state index in [-0.39, 0.29) is 12.5 Å². The Morgan fingerprint density at radius 2 is 1.81 bits per heavy atom. The Bertz CT molecular complexity index is 832. The van der Waals surface area contributed by atoms with Crippen molar-refractivity contribution in [2.24, 2.45) is 0 Å². The smallest absolute Gasteiger partial charge is 0.328 e. The molecule has 2 aromatic rings. The summed E-state index contributed by atoms with van der Waals surface area (Å²) in [4.78, 5) is 37.4. The predicted octanol–water partition coefficient (Wildman–Crippen LogP) is 2.00. The number of esters is 1. The summed E-state index contributed by atoms with van der Waals surface area (Å²) in [6, 6.07) is 13.7. The number of para-hydroxylation sites is 1. The highest BCUT2D eigenvalue weighted by atomic mass is 16.5. The van der Waals surface area contributed by atoms with Crippen LogP contribution in [-0.2, 0) is 27.3 Å². The maximum Gasteiger partial charge on any atom is 0.328 e. The number of fused-ring (bicyclic) bond motifs is 1. The first-order valence-electron chi connectivity index (χ1n) is 8.25. The van der Waals surface area contributed by atoms with Crippen molar-refractivity contribution in [2.45, 2.75) is 19.0 Å². The molecule has 1 amide bonds. The van der Waals surface area contributed by atoms with Crippen molar-refractivity contribution in [3.8, 4) is 5.75 Å². The van der Waals surface area contributed by atoms with Crippen LogP contribution < -0.4 is 4.74 Å². The van der Waals surface area contributed by atoms with Crippen LogP contribution in [-0.4, -0.2) is 42.8 Å². The van der Waals surface area contributed by atoms with Gasteiger partial charge in [-0.05, 0) is 23.3 Å². The van der Waals surface area contributed by atoms with Crippen LogP contribution in [0.2, 0.25) is 0 Å². The van der Waals surface area contributed by atoms with Gasteiger partial charge < -0.3 is 14.4 Å². The van der Waals surface area contributed by atoms with Gasteiger partial charge in [-0.2, -0.15) is 0 Å². The van der Waals surface area contributed by atoms with Crippen molar-refractivity contribution in [1.29, 1.82) is 0 Å². The van der Waals surface area contributed by atoms with Crippen LogP contribution in [0.25, 0.3) is 0 Å². The van der Waals surface area contributed by atoms with Crippen molar-refractivity contribution in [2.75, 3.05) is 13.7 Å². The second-order valence-corrected chi connectivity index (χ2v) is 5.98. The molecule has 0 bridgehead atoms. The summed E-state index contributed by atoms with van der Waals surface area (Å²) in [5.41, 5.74) is 2.39. The van der Waals surface area contributed by atoms with Gasteiger partial charge in [0.05, 0.1) is 12.7 Å². The Morgan fingerprint density at radius 3 is 2.54 bits per heavy atom. The van der Waals surface area contributed by atoms with Gasteiger partial charge >= 0.3 is 5.97 Å². The molecule has 6 heteroatoms. The molecule has 0 unspecified atom stereocenters. The quantitative estimate of drug-likeness (QED) is 0.607. The van der Waals surface area contributed by atoms with E-state index in [2.05, 4.69) is 0 Å². The maximum atomic E-state index is 12.7. The molecular weight excluding hydrogens is 334 g/mol. The van der Waals surface area contributed by atoms with Gasteiger partial charge in [0, 0.05) is 13.0 Å². The Hall–Kier alpha value is -3.15. The first-order valence-corrected chi connectivity index (χ1v) is 8.25. The number of hydrogen-bond donors (Lipinski definition) is 0. The van der Waals surface area contributed by atoms with E-state index in [0.717, 1.165) is 11.1 Å². The molecule has 2 aromatic carbocycles. The Kier molecular flexibility index (Phi) is 5.31. The lowest BCUT2D eigenvalue weighted by atomic mass is 9.94. The SMILES string of the molecule is COC(=O)[C@H]1Cc2ccccc2CN1C(=O)COc1ccccc1C=O. The van der Waals surface area contributed by atoms with Crippen molar-refractivity contribution in [1.82, 2.24) is 4.90 Å². The topological polar surface area (TPSA) is 72.9 Å². The largest absolute Gasteiger partial charge is 0.483 e. The van der Waals surface area contributed by atoms with Gasteiger partial charge in [0.25, 0.3) is 5.91 Å². The molecule has 1 atom stereocenters. The standard InChI is InChI=1S/C20H19NO5/c1-25-20(24)17-10-14-6-2-3-7-15(14)11-21(17)19(23)13-26-18-9-5-4-8-16(18)12-22/h2-9,12,17H,10-11,13H2,1H3/t17-/m1/s1. The number of methoxy groups -OCH3 is 1. The van der Waals surface area contributed by atoms with Crippen molar-refractivity contribution in [3.05, 3.63) is 65.2 Å².